The van der Waals surface area contributed by atoms with Gasteiger partial charge in [-0.25, -0.2) is 0 Å². The molecule has 150 valence electrons. The van der Waals surface area contributed by atoms with Crippen molar-refractivity contribution in [3.05, 3.63) is 69.8 Å². The van der Waals surface area contributed by atoms with Crippen LogP contribution < -0.4 is 4.74 Å². The lowest BCUT2D eigenvalue weighted by atomic mass is 9.81. The number of rotatable bonds is 5. The summed E-state index contributed by atoms with van der Waals surface area (Å²) in [5, 5.41) is 10.8. The highest BCUT2D eigenvalue weighted by Crippen LogP contribution is 2.34. The number of hydrogen-bond acceptors (Lipinski definition) is 4. The van der Waals surface area contributed by atoms with E-state index in [1.165, 1.54) is 24.3 Å². The van der Waals surface area contributed by atoms with Crippen LogP contribution in [-0.2, 0) is 6.18 Å². The minimum atomic E-state index is -4.37. The van der Waals surface area contributed by atoms with Gasteiger partial charge in [0.2, 0.25) is 0 Å². The molecular formula is C20H21F3N2O3. The van der Waals surface area contributed by atoms with Gasteiger partial charge in [-0.15, -0.1) is 0 Å². The van der Waals surface area contributed by atoms with Gasteiger partial charge in [0.25, 0.3) is 5.69 Å². The summed E-state index contributed by atoms with van der Waals surface area (Å²) < 4.78 is 43.8. The van der Waals surface area contributed by atoms with Gasteiger partial charge in [0.1, 0.15) is 5.75 Å². The number of halogens is 3. The fourth-order valence-electron chi connectivity index (χ4n) is 3.61. The van der Waals surface area contributed by atoms with Gasteiger partial charge in [0, 0.05) is 24.6 Å². The summed E-state index contributed by atoms with van der Waals surface area (Å²) in [6.07, 6.45) is -3.49. The quantitative estimate of drug-likeness (QED) is 0.544. The van der Waals surface area contributed by atoms with E-state index in [0.717, 1.165) is 37.2 Å². The molecule has 0 aromatic heterocycles. The summed E-state index contributed by atoms with van der Waals surface area (Å²) in [4.78, 5) is 12.6. The van der Waals surface area contributed by atoms with E-state index in [1.54, 1.807) is 12.1 Å². The van der Waals surface area contributed by atoms with Gasteiger partial charge in [-0.3, -0.25) is 10.1 Å². The number of alkyl halides is 3. The molecule has 5 nitrogen and oxygen atoms in total. The van der Waals surface area contributed by atoms with Crippen molar-refractivity contribution in [3.63, 3.8) is 0 Å². The maximum absolute atomic E-state index is 12.7. The van der Waals surface area contributed by atoms with Crippen molar-refractivity contribution >= 4 is 5.69 Å². The Labute approximate surface area is 160 Å². The van der Waals surface area contributed by atoms with Gasteiger partial charge < -0.3 is 9.64 Å². The first-order valence-electron chi connectivity index (χ1n) is 8.97. The number of nitrogens with zero attached hydrogens (tertiary/aromatic N) is 2. The molecule has 8 heteroatoms. The van der Waals surface area contributed by atoms with Crippen LogP contribution in [0, 0.1) is 16.0 Å². The molecule has 0 spiro atoms. The SMILES string of the molecule is CN1CC[C@@H](c2ccc([N+](=O)[O-])cc2)[C@H](COc2ccc(C(F)(F)F)cc2)C1. The third-order valence-electron chi connectivity index (χ3n) is 5.11. The van der Waals surface area contributed by atoms with Crippen molar-refractivity contribution in [1.82, 2.24) is 4.90 Å². The Morgan fingerprint density at radius 3 is 2.36 bits per heavy atom. The zero-order valence-corrected chi connectivity index (χ0v) is 15.4. The Hall–Kier alpha value is -2.61. The molecule has 0 saturated carbocycles. The normalized spacial score (nSPS) is 20.7. The molecule has 1 aliphatic heterocycles. The average molecular weight is 394 g/mol. The molecule has 0 amide bonds. The van der Waals surface area contributed by atoms with Crippen molar-refractivity contribution in [2.45, 2.75) is 18.5 Å². The summed E-state index contributed by atoms with van der Waals surface area (Å²) >= 11 is 0. The highest BCUT2D eigenvalue weighted by molar-refractivity contribution is 5.35. The van der Waals surface area contributed by atoms with E-state index < -0.39 is 16.7 Å². The zero-order valence-electron chi connectivity index (χ0n) is 15.4. The molecule has 2 atom stereocenters. The fraction of sp³-hybridized carbons (Fsp3) is 0.400. The lowest BCUT2D eigenvalue weighted by molar-refractivity contribution is -0.384. The molecule has 0 radical (unpaired) electrons. The molecule has 1 fully saturated rings. The second-order valence-corrected chi connectivity index (χ2v) is 7.10. The summed E-state index contributed by atoms with van der Waals surface area (Å²) in [6.45, 7) is 2.04. The third-order valence-corrected chi connectivity index (χ3v) is 5.11. The number of nitro groups is 1. The standard InChI is InChI=1S/C20H21F3N2O3/c1-24-11-10-19(14-2-6-17(7-3-14)25(26)27)15(12-24)13-28-18-8-4-16(5-9-18)20(21,22)23/h2-9,15,19H,10-13H2,1H3/t15-,19-/m0/s1. The molecule has 0 unspecified atom stereocenters. The van der Waals surface area contributed by atoms with Gasteiger partial charge in [0.15, 0.2) is 0 Å². The largest absolute Gasteiger partial charge is 0.493 e. The number of ether oxygens (including phenoxy) is 1. The van der Waals surface area contributed by atoms with Crippen LogP contribution >= 0.6 is 0 Å². The molecule has 1 saturated heterocycles. The predicted molar refractivity (Wildman–Crippen MR) is 98.4 cm³/mol. The van der Waals surface area contributed by atoms with Gasteiger partial charge >= 0.3 is 6.18 Å². The Bertz CT molecular complexity index is 807. The molecule has 2 aromatic rings. The van der Waals surface area contributed by atoms with E-state index in [1.807, 2.05) is 7.05 Å². The van der Waals surface area contributed by atoms with E-state index in [2.05, 4.69) is 4.90 Å². The smallest absolute Gasteiger partial charge is 0.416 e. The second-order valence-electron chi connectivity index (χ2n) is 7.10. The molecule has 0 aliphatic carbocycles. The first-order chi connectivity index (χ1) is 13.2. The van der Waals surface area contributed by atoms with E-state index in [-0.39, 0.29) is 17.5 Å². The van der Waals surface area contributed by atoms with Crippen molar-refractivity contribution in [2.75, 3.05) is 26.7 Å². The van der Waals surface area contributed by atoms with Gasteiger partial charge in [0.05, 0.1) is 17.1 Å². The van der Waals surface area contributed by atoms with E-state index in [9.17, 15) is 23.3 Å². The van der Waals surface area contributed by atoms with Crippen LogP contribution in [-0.4, -0.2) is 36.6 Å². The first kappa shape index (κ1) is 20.1. The monoisotopic (exact) mass is 394 g/mol. The van der Waals surface area contributed by atoms with Crippen molar-refractivity contribution in [3.8, 4) is 5.75 Å². The summed E-state index contributed by atoms with van der Waals surface area (Å²) in [5.41, 5.74) is 0.356. The highest BCUT2D eigenvalue weighted by Gasteiger charge is 2.31. The maximum atomic E-state index is 12.7. The summed E-state index contributed by atoms with van der Waals surface area (Å²) in [7, 11) is 2.01. The van der Waals surface area contributed by atoms with Crippen LogP contribution in [0.4, 0.5) is 18.9 Å². The van der Waals surface area contributed by atoms with E-state index >= 15 is 0 Å². The van der Waals surface area contributed by atoms with Crippen LogP contribution in [0.3, 0.4) is 0 Å². The Kier molecular flexibility index (Phi) is 5.88. The minimum Gasteiger partial charge on any atom is -0.493 e. The second kappa shape index (κ2) is 8.18. The minimum absolute atomic E-state index is 0.0502. The van der Waals surface area contributed by atoms with Crippen LogP contribution in [0.1, 0.15) is 23.5 Å². The number of non-ortho nitro benzene ring substituents is 1. The Morgan fingerprint density at radius 1 is 1.14 bits per heavy atom. The van der Waals surface area contributed by atoms with E-state index in [0.29, 0.717) is 12.4 Å². The Balaban J connectivity index is 1.69. The molecule has 3 rings (SSSR count). The number of likely N-dealkylation sites (tertiary alicyclic amines) is 1. The molecule has 1 aliphatic rings. The molecular weight excluding hydrogens is 373 g/mol. The van der Waals surface area contributed by atoms with Crippen molar-refractivity contribution in [2.24, 2.45) is 5.92 Å². The molecule has 0 N–H and O–H groups in total. The molecule has 2 aromatic carbocycles. The topological polar surface area (TPSA) is 55.6 Å². The Morgan fingerprint density at radius 2 is 1.79 bits per heavy atom. The van der Waals surface area contributed by atoms with Gasteiger partial charge in [-0.1, -0.05) is 12.1 Å². The van der Waals surface area contributed by atoms with Crippen LogP contribution in [0.5, 0.6) is 5.75 Å². The van der Waals surface area contributed by atoms with Crippen molar-refractivity contribution < 1.29 is 22.8 Å². The fourth-order valence-corrected chi connectivity index (χ4v) is 3.61. The molecule has 0 bridgehead atoms. The molecule has 1 heterocycles. The highest BCUT2D eigenvalue weighted by atomic mass is 19.4. The number of benzene rings is 2. The van der Waals surface area contributed by atoms with E-state index in [4.69, 9.17) is 4.74 Å². The number of nitro benzene ring substituents is 1. The number of hydrogen-bond donors (Lipinski definition) is 0. The van der Waals surface area contributed by atoms with Crippen LogP contribution in [0.2, 0.25) is 0 Å². The van der Waals surface area contributed by atoms with Crippen LogP contribution in [0.15, 0.2) is 48.5 Å². The molecule has 28 heavy (non-hydrogen) atoms. The lowest BCUT2D eigenvalue weighted by Gasteiger charge is -2.37. The number of piperidine rings is 1. The predicted octanol–water partition coefficient (Wildman–Crippen LogP) is 4.73. The first-order valence-corrected chi connectivity index (χ1v) is 8.97. The third kappa shape index (κ3) is 4.81. The van der Waals surface area contributed by atoms with Crippen LogP contribution in [0.25, 0.3) is 0 Å². The zero-order chi connectivity index (χ0) is 20.3. The summed E-state index contributed by atoms with van der Waals surface area (Å²) in [6, 6.07) is 11.2. The summed E-state index contributed by atoms with van der Waals surface area (Å²) in [5.74, 6) is 0.692. The average Bonchev–Trinajstić information content (AvgIpc) is 2.66. The van der Waals surface area contributed by atoms with Gasteiger partial charge in [-0.2, -0.15) is 13.2 Å². The van der Waals surface area contributed by atoms with Crippen molar-refractivity contribution in [1.29, 1.82) is 0 Å². The van der Waals surface area contributed by atoms with Gasteiger partial charge in [-0.05, 0) is 55.8 Å². The lowest BCUT2D eigenvalue weighted by Crippen LogP contribution is -2.39. The maximum Gasteiger partial charge on any atom is 0.416 e.